The SMILES string of the molecule is CCOC(=O)C(=N)C1=C(Nc2ccc(OCC)c(F)c2)C(=O)NCC1. The average molecular weight is 349 g/mol. The molecule has 2 rings (SSSR count). The van der Waals surface area contributed by atoms with Crippen LogP contribution >= 0.6 is 0 Å². The van der Waals surface area contributed by atoms with Crippen LogP contribution in [0.25, 0.3) is 0 Å². The van der Waals surface area contributed by atoms with Crippen LogP contribution in [0.3, 0.4) is 0 Å². The summed E-state index contributed by atoms with van der Waals surface area (Å²) in [6.45, 7) is 4.15. The minimum Gasteiger partial charge on any atom is -0.491 e. The monoisotopic (exact) mass is 349 g/mol. The Morgan fingerprint density at radius 2 is 2.12 bits per heavy atom. The second-order valence-electron chi connectivity index (χ2n) is 5.16. The molecular weight excluding hydrogens is 329 g/mol. The number of hydrogen-bond acceptors (Lipinski definition) is 6. The summed E-state index contributed by atoms with van der Waals surface area (Å²) in [5, 5.41) is 13.4. The Kier molecular flexibility index (Phi) is 6.10. The van der Waals surface area contributed by atoms with E-state index in [1.165, 1.54) is 12.1 Å². The van der Waals surface area contributed by atoms with Crippen LogP contribution in [-0.4, -0.2) is 37.3 Å². The maximum Gasteiger partial charge on any atom is 0.356 e. The Balaban J connectivity index is 2.31. The van der Waals surface area contributed by atoms with E-state index in [1.54, 1.807) is 19.9 Å². The van der Waals surface area contributed by atoms with Crippen LogP contribution in [0, 0.1) is 11.2 Å². The molecule has 1 aromatic rings. The summed E-state index contributed by atoms with van der Waals surface area (Å²) in [4.78, 5) is 24.0. The van der Waals surface area contributed by atoms with Gasteiger partial charge in [-0.3, -0.25) is 10.2 Å². The summed E-state index contributed by atoms with van der Waals surface area (Å²) in [6, 6.07) is 4.18. The average Bonchev–Trinajstić information content (AvgIpc) is 2.59. The molecule has 7 nitrogen and oxygen atoms in total. The molecule has 0 saturated heterocycles. The molecule has 134 valence electrons. The molecule has 0 aromatic heterocycles. The molecule has 0 fully saturated rings. The Morgan fingerprint density at radius 3 is 2.76 bits per heavy atom. The Hall–Kier alpha value is -2.90. The highest BCUT2D eigenvalue weighted by Gasteiger charge is 2.27. The van der Waals surface area contributed by atoms with Crippen molar-refractivity contribution in [2.24, 2.45) is 0 Å². The van der Waals surface area contributed by atoms with Gasteiger partial charge in [0.2, 0.25) is 0 Å². The normalized spacial score (nSPS) is 14.0. The van der Waals surface area contributed by atoms with Crippen molar-refractivity contribution in [1.82, 2.24) is 5.32 Å². The predicted molar refractivity (Wildman–Crippen MR) is 90.2 cm³/mol. The minimum absolute atomic E-state index is 0.0351. The molecule has 1 heterocycles. The first-order valence-corrected chi connectivity index (χ1v) is 7.94. The van der Waals surface area contributed by atoms with Crippen molar-refractivity contribution in [3.8, 4) is 5.75 Å². The fraction of sp³-hybridized carbons (Fsp3) is 0.353. The molecule has 0 radical (unpaired) electrons. The maximum atomic E-state index is 14.0. The quantitative estimate of drug-likeness (QED) is 0.516. The van der Waals surface area contributed by atoms with Crippen LogP contribution in [0.5, 0.6) is 5.75 Å². The maximum absolute atomic E-state index is 14.0. The van der Waals surface area contributed by atoms with Crippen molar-refractivity contribution in [2.45, 2.75) is 20.3 Å². The lowest BCUT2D eigenvalue weighted by Gasteiger charge is -2.22. The van der Waals surface area contributed by atoms with Gasteiger partial charge in [-0.05, 0) is 32.4 Å². The van der Waals surface area contributed by atoms with Gasteiger partial charge in [-0.15, -0.1) is 0 Å². The first-order chi connectivity index (χ1) is 12.0. The molecule has 0 spiro atoms. The summed E-state index contributed by atoms with van der Waals surface area (Å²) < 4.78 is 23.9. The highest BCUT2D eigenvalue weighted by Crippen LogP contribution is 2.24. The molecule has 0 aliphatic carbocycles. The lowest BCUT2D eigenvalue weighted by molar-refractivity contribution is -0.135. The molecule has 8 heteroatoms. The Morgan fingerprint density at radius 1 is 1.36 bits per heavy atom. The van der Waals surface area contributed by atoms with Gasteiger partial charge in [0.1, 0.15) is 11.4 Å². The molecule has 1 aliphatic heterocycles. The summed E-state index contributed by atoms with van der Waals surface area (Å²) in [5.74, 6) is -1.74. The number of esters is 1. The van der Waals surface area contributed by atoms with Gasteiger partial charge in [-0.1, -0.05) is 0 Å². The van der Waals surface area contributed by atoms with E-state index in [0.717, 1.165) is 0 Å². The number of benzene rings is 1. The van der Waals surface area contributed by atoms with Crippen LogP contribution < -0.4 is 15.4 Å². The third kappa shape index (κ3) is 4.34. The van der Waals surface area contributed by atoms with Crippen LogP contribution in [0.15, 0.2) is 29.5 Å². The number of hydrogen-bond donors (Lipinski definition) is 3. The number of halogens is 1. The third-order valence-electron chi connectivity index (χ3n) is 3.47. The van der Waals surface area contributed by atoms with Crippen LogP contribution in [0.1, 0.15) is 20.3 Å². The lowest BCUT2D eigenvalue weighted by Crippen LogP contribution is -2.37. The molecule has 1 amide bonds. The summed E-state index contributed by atoms with van der Waals surface area (Å²) >= 11 is 0. The summed E-state index contributed by atoms with van der Waals surface area (Å²) in [6.07, 6.45) is 0.297. The number of carbonyl (C=O) groups is 2. The van der Waals surface area contributed by atoms with E-state index < -0.39 is 17.7 Å². The third-order valence-corrected chi connectivity index (χ3v) is 3.47. The molecular formula is C17H20FN3O4. The van der Waals surface area contributed by atoms with E-state index in [1.807, 2.05) is 0 Å². The Bertz CT molecular complexity index is 731. The van der Waals surface area contributed by atoms with Gasteiger partial charge in [-0.2, -0.15) is 0 Å². The van der Waals surface area contributed by atoms with E-state index in [-0.39, 0.29) is 29.3 Å². The van der Waals surface area contributed by atoms with Gasteiger partial charge in [0.15, 0.2) is 11.6 Å². The van der Waals surface area contributed by atoms with Crippen LogP contribution in [0.2, 0.25) is 0 Å². The Labute approximate surface area is 144 Å². The fourth-order valence-corrected chi connectivity index (χ4v) is 2.36. The molecule has 0 unspecified atom stereocenters. The number of amides is 1. The molecule has 0 atom stereocenters. The van der Waals surface area contributed by atoms with Crippen LogP contribution in [0.4, 0.5) is 10.1 Å². The molecule has 1 aromatic carbocycles. The van der Waals surface area contributed by atoms with Crippen molar-refractivity contribution >= 4 is 23.3 Å². The zero-order valence-electron chi connectivity index (χ0n) is 14.1. The zero-order chi connectivity index (χ0) is 18.4. The van der Waals surface area contributed by atoms with Crippen molar-refractivity contribution in [1.29, 1.82) is 5.41 Å². The van der Waals surface area contributed by atoms with Gasteiger partial charge in [-0.25, -0.2) is 9.18 Å². The number of anilines is 1. The van der Waals surface area contributed by atoms with E-state index >= 15 is 0 Å². The lowest BCUT2D eigenvalue weighted by atomic mass is 10.0. The summed E-state index contributed by atoms with van der Waals surface area (Å²) in [7, 11) is 0. The van der Waals surface area contributed by atoms with E-state index in [2.05, 4.69) is 10.6 Å². The van der Waals surface area contributed by atoms with E-state index in [9.17, 15) is 14.0 Å². The van der Waals surface area contributed by atoms with E-state index in [0.29, 0.717) is 25.3 Å². The fourth-order valence-electron chi connectivity index (χ4n) is 2.36. The number of rotatable bonds is 7. The van der Waals surface area contributed by atoms with E-state index in [4.69, 9.17) is 14.9 Å². The smallest absolute Gasteiger partial charge is 0.356 e. The molecule has 3 N–H and O–H groups in total. The minimum atomic E-state index is -0.802. The van der Waals surface area contributed by atoms with Crippen molar-refractivity contribution in [3.63, 3.8) is 0 Å². The van der Waals surface area contributed by atoms with Gasteiger partial charge in [0.05, 0.1) is 13.2 Å². The second-order valence-corrected chi connectivity index (χ2v) is 5.16. The molecule has 0 saturated carbocycles. The standard InChI is InChI=1S/C17H20FN3O4/c1-3-24-13-6-5-10(9-12(13)18)21-15-11(7-8-20-16(15)22)14(19)17(23)25-4-2/h5-6,9,19,21H,3-4,7-8H2,1-2H3,(H,20,22). The second kappa shape index (κ2) is 8.27. The van der Waals surface area contributed by atoms with Gasteiger partial charge >= 0.3 is 5.97 Å². The summed E-state index contributed by atoms with van der Waals surface area (Å²) in [5.41, 5.74) is 0.192. The van der Waals surface area contributed by atoms with Gasteiger partial charge in [0.25, 0.3) is 5.91 Å². The number of ether oxygens (including phenoxy) is 2. The molecule has 0 bridgehead atoms. The first-order valence-electron chi connectivity index (χ1n) is 7.94. The number of carbonyl (C=O) groups excluding carboxylic acids is 2. The highest BCUT2D eigenvalue weighted by molar-refractivity contribution is 6.43. The van der Waals surface area contributed by atoms with Crippen molar-refractivity contribution in [3.05, 3.63) is 35.3 Å². The van der Waals surface area contributed by atoms with Crippen molar-refractivity contribution < 1.29 is 23.5 Å². The van der Waals surface area contributed by atoms with Gasteiger partial charge in [0, 0.05) is 23.9 Å². The van der Waals surface area contributed by atoms with Crippen molar-refractivity contribution in [2.75, 3.05) is 25.1 Å². The largest absolute Gasteiger partial charge is 0.491 e. The molecule has 25 heavy (non-hydrogen) atoms. The molecule has 1 aliphatic rings. The predicted octanol–water partition coefficient (Wildman–Crippen LogP) is 1.99. The highest BCUT2D eigenvalue weighted by atomic mass is 19.1. The van der Waals surface area contributed by atoms with Crippen LogP contribution in [-0.2, 0) is 14.3 Å². The zero-order valence-corrected chi connectivity index (χ0v) is 14.1. The first kappa shape index (κ1) is 18.4. The topological polar surface area (TPSA) is 101 Å². The van der Waals surface area contributed by atoms with Gasteiger partial charge < -0.3 is 20.1 Å². The number of nitrogens with one attached hydrogen (secondary N) is 3.